The average Bonchev–Trinajstić information content (AvgIpc) is 2.82. The van der Waals surface area contributed by atoms with Crippen LogP contribution in [0.5, 0.6) is 5.75 Å². The first-order chi connectivity index (χ1) is 16.6. The zero-order valence-corrected chi connectivity index (χ0v) is 21.5. The molecule has 35 heavy (non-hydrogen) atoms. The average molecular weight is 534 g/mol. The summed E-state index contributed by atoms with van der Waals surface area (Å²) in [5.41, 5.74) is 3.35. The minimum absolute atomic E-state index is 0.0158. The standard InChI is InChI=1S/C25H25Cl2N3O4S/c1-18(2)17-34-23-10-6-19(7-11-23)15-28-29-25(31)16-30(22-5-3-4-21(27)14-22)35(32,33)24-12-8-20(26)9-13-24/h3-15,18H,16-17H2,1-2H3,(H,29,31)/b28-15-. The summed E-state index contributed by atoms with van der Waals surface area (Å²) in [6.45, 7) is 4.24. The maximum Gasteiger partial charge on any atom is 0.264 e. The predicted octanol–water partition coefficient (Wildman–Crippen LogP) is 5.37. The van der Waals surface area contributed by atoms with Crippen LogP contribution in [0.25, 0.3) is 0 Å². The van der Waals surface area contributed by atoms with Gasteiger partial charge >= 0.3 is 0 Å². The molecule has 0 fully saturated rings. The molecule has 1 N–H and O–H groups in total. The molecular formula is C25H25Cl2N3O4S. The molecule has 0 heterocycles. The maximum absolute atomic E-state index is 13.3. The van der Waals surface area contributed by atoms with Crippen LogP contribution in [0.15, 0.2) is 82.8 Å². The van der Waals surface area contributed by atoms with E-state index < -0.39 is 22.5 Å². The minimum atomic E-state index is -4.09. The topological polar surface area (TPSA) is 88.1 Å². The summed E-state index contributed by atoms with van der Waals surface area (Å²) in [6, 6.07) is 19.1. The van der Waals surface area contributed by atoms with Gasteiger partial charge in [-0.05, 0) is 78.2 Å². The Bertz CT molecular complexity index is 1280. The number of hydrogen-bond donors (Lipinski definition) is 1. The van der Waals surface area contributed by atoms with Crippen molar-refractivity contribution in [1.82, 2.24) is 5.43 Å². The van der Waals surface area contributed by atoms with Crippen LogP contribution in [-0.2, 0) is 14.8 Å². The molecule has 0 saturated carbocycles. The molecule has 0 aliphatic heterocycles. The second kappa shape index (κ2) is 12.1. The summed E-state index contributed by atoms with van der Waals surface area (Å²) in [4.78, 5) is 12.6. The largest absolute Gasteiger partial charge is 0.493 e. The Morgan fingerprint density at radius 2 is 1.71 bits per heavy atom. The summed E-state index contributed by atoms with van der Waals surface area (Å²) in [7, 11) is -4.09. The third-order valence-electron chi connectivity index (χ3n) is 4.65. The number of ether oxygens (including phenoxy) is 1. The first kappa shape index (κ1) is 26.5. The lowest BCUT2D eigenvalue weighted by atomic mass is 10.2. The number of halogens is 2. The highest BCUT2D eigenvalue weighted by Gasteiger charge is 2.27. The van der Waals surface area contributed by atoms with Crippen molar-refractivity contribution in [2.45, 2.75) is 18.7 Å². The van der Waals surface area contributed by atoms with E-state index in [1.807, 2.05) is 12.1 Å². The van der Waals surface area contributed by atoms with E-state index in [1.54, 1.807) is 30.3 Å². The van der Waals surface area contributed by atoms with Gasteiger partial charge in [-0.25, -0.2) is 13.8 Å². The molecule has 7 nitrogen and oxygen atoms in total. The zero-order valence-electron chi connectivity index (χ0n) is 19.2. The highest BCUT2D eigenvalue weighted by atomic mass is 35.5. The van der Waals surface area contributed by atoms with Crippen LogP contribution in [0, 0.1) is 5.92 Å². The monoisotopic (exact) mass is 533 g/mol. The third-order valence-corrected chi connectivity index (χ3v) is 6.93. The van der Waals surface area contributed by atoms with Gasteiger partial charge < -0.3 is 4.74 Å². The molecule has 0 radical (unpaired) electrons. The number of anilines is 1. The van der Waals surface area contributed by atoms with Crippen molar-refractivity contribution in [1.29, 1.82) is 0 Å². The molecule has 184 valence electrons. The van der Waals surface area contributed by atoms with Crippen LogP contribution < -0.4 is 14.5 Å². The van der Waals surface area contributed by atoms with E-state index in [-0.39, 0.29) is 10.6 Å². The molecule has 3 aromatic carbocycles. The molecule has 0 aliphatic rings. The van der Waals surface area contributed by atoms with Gasteiger partial charge in [0.05, 0.1) is 23.4 Å². The molecule has 0 saturated heterocycles. The summed E-state index contributed by atoms with van der Waals surface area (Å²) in [6.07, 6.45) is 1.46. The second-order valence-electron chi connectivity index (χ2n) is 8.01. The number of benzene rings is 3. The molecule has 0 bridgehead atoms. The van der Waals surface area contributed by atoms with Gasteiger partial charge in [-0.1, -0.05) is 43.1 Å². The lowest BCUT2D eigenvalue weighted by Crippen LogP contribution is -2.39. The number of hydrogen-bond acceptors (Lipinski definition) is 5. The van der Waals surface area contributed by atoms with Crippen molar-refractivity contribution in [3.05, 3.63) is 88.4 Å². The van der Waals surface area contributed by atoms with E-state index in [0.717, 1.165) is 15.6 Å². The number of nitrogens with one attached hydrogen (secondary N) is 1. The van der Waals surface area contributed by atoms with E-state index in [9.17, 15) is 13.2 Å². The summed E-state index contributed by atoms with van der Waals surface area (Å²) in [5.74, 6) is 0.529. The van der Waals surface area contributed by atoms with Crippen LogP contribution in [0.2, 0.25) is 10.0 Å². The van der Waals surface area contributed by atoms with Crippen molar-refractivity contribution in [3.63, 3.8) is 0 Å². The molecule has 0 aliphatic carbocycles. The van der Waals surface area contributed by atoms with E-state index in [1.165, 1.54) is 36.5 Å². The number of carbonyl (C=O) groups excluding carboxylic acids is 1. The molecule has 0 aromatic heterocycles. The first-order valence-electron chi connectivity index (χ1n) is 10.7. The summed E-state index contributed by atoms with van der Waals surface area (Å²) < 4.78 is 33.3. The van der Waals surface area contributed by atoms with Gasteiger partial charge in [-0.15, -0.1) is 0 Å². The van der Waals surface area contributed by atoms with Crippen molar-refractivity contribution < 1.29 is 17.9 Å². The molecule has 0 unspecified atom stereocenters. The molecule has 0 spiro atoms. The van der Waals surface area contributed by atoms with Crippen LogP contribution in [0.3, 0.4) is 0 Å². The Hall–Kier alpha value is -3.07. The van der Waals surface area contributed by atoms with Gasteiger partial charge in [0.2, 0.25) is 0 Å². The van der Waals surface area contributed by atoms with Crippen molar-refractivity contribution in [2.75, 3.05) is 17.5 Å². The van der Waals surface area contributed by atoms with Crippen molar-refractivity contribution in [2.24, 2.45) is 11.0 Å². The smallest absolute Gasteiger partial charge is 0.264 e. The zero-order chi connectivity index (χ0) is 25.4. The van der Waals surface area contributed by atoms with Gasteiger partial charge in [0.15, 0.2) is 0 Å². The molecule has 3 rings (SSSR count). The number of amides is 1. The quantitative estimate of drug-likeness (QED) is 0.280. The van der Waals surface area contributed by atoms with Crippen molar-refractivity contribution >= 4 is 51.0 Å². The van der Waals surface area contributed by atoms with Gasteiger partial charge in [0, 0.05) is 10.0 Å². The number of nitrogens with zero attached hydrogens (tertiary/aromatic N) is 2. The SMILES string of the molecule is CC(C)COc1ccc(/C=N\NC(=O)CN(c2cccc(Cl)c2)S(=O)(=O)c2ccc(Cl)cc2)cc1. The van der Waals surface area contributed by atoms with E-state index >= 15 is 0 Å². The van der Waals surface area contributed by atoms with Gasteiger partial charge in [0.25, 0.3) is 15.9 Å². The van der Waals surface area contributed by atoms with Gasteiger partial charge in [-0.3, -0.25) is 9.10 Å². The molecule has 0 atom stereocenters. The molecular weight excluding hydrogens is 509 g/mol. The normalized spacial score (nSPS) is 11.6. The summed E-state index contributed by atoms with van der Waals surface area (Å²) in [5, 5.41) is 4.67. The lowest BCUT2D eigenvalue weighted by molar-refractivity contribution is -0.119. The Morgan fingerprint density at radius 1 is 1.03 bits per heavy atom. The Balaban J connectivity index is 1.73. The van der Waals surface area contributed by atoms with Crippen LogP contribution in [-0.4, -0.2) is 33.7 Å². The lowest BCUT2D eigenvalue weighted by Gasteiger charge is -2.23. The Labute approximate surface area is 215 Å². The van der Waals surface area contributed by atoms with Crippen LogP contribution in [0.1, 0.15) is 19.4 Å². The van der Waals surface area contributed by atoms with E-state index in [0.29, 0.717) is 22.6 Å². The fourth-order valence-electron chi connectivity index (χ4n) is 2.94. The highest BCUT2D eigenvalue weighted by molar-refractivity contribution is 7.92. The second-order valence-corrected chi connectivity index (χ2v) is 10.7. The van der Waals surface area contributed by atoms with E-state index in [2.05, 4.69) is 24.4 Å². The van der Waals surface area contributed by atoms with Crippen molar-refractivity contribution in [3.8, 4) is 5.75 Å². The molecule has 10 heteroatoms. The number of sulfonamides is 1. The van der Waals surface area contributed by atoms with Crippen LogP contribution in [0.4, 0.5) is 5.69 Å². The predicted molar refractivity (Wildman–Crippen MR) is 140 cm³/mol. The fourth-order valence-corrected chi connectivity index (χ4v) is 4.66. The third kappa shape index (κ3) is 7.71. The fraction of sp³-hybridized carbons (Fsp3) is 0.200. The number of carbonyl (C=O) groups is 1. The highest BCUT2D eigenvalue weighted by Crippen LogP contribution is 2.26. The first-order valence-corrected chi connectivity index (χ1v) is 12.9. The van der Waals surface area contributed by atoms with Crippen LogP contribution >= 0.6 is 23.2 Å². The van der Waals surface area contributed by atoms with Gasteiger partial charge in [0.1, 0.15) is 12.3 Å². The number of hydrazone groups is 1. The minimum Gasteiger partial charge on any atom is -0.493 e. The Morgan fingerprint density at radius 3 is 2.34 bits per heavy atom. The molecule has 3 aromatic rings. The summed E-state index contributed by atoms with van der Waals surface area (Å²) >= 11 is 12.0. The number of rotatable bonds is 10. The molecule has 1 amide bonds. The van der Waals surface area contributed by atoms with Gasteiger partial charge in [-0.2, -0.15) is 5.10 Å². The maximum atomic E-state index is 13.3. The van der Waals surface area contributed by atoms with E-state index in [4.69, 9.17) is 27.9 Å². The Kier molecular flexibility index (Phi) is 9.14.